The van der Waals surface area contributed by atoms with Gasteiger partial charge in [-0.1, -0.05) is 0 Å². The van der Waals surface area contributed by atoms with Crippen molar-refractivity contribution < 1.29 is 0 Å². The fourth-order valence-corrected chi connectivity index (χ4v) is 3.08. The van der Waals surface area contributed by atoms with Crippen molar-refractivity contribution in [2.45, 2.75) is 13.8 Å². The molecule has 2 aromatic carbocycles. The molecule has 7 nitrogen and oxygen atoms in total. The Bertz CT molecular complexity index is 673. The molecule has 0 aromatic heterocycles. The van der Waals surface area contributed by atoms with E-state index in [0.717, 1.165) is 9.13 Å². The molecule has 0 atom stereocenters. The third kappa shape index (κ3) is 2.02. The van der Waals surface area contributed by atoms with E-state index in [4.69, 9.17) is 40.1 Å². The van der Waals surface area contributed by atoms with Gasteiger partial charge in [-0.25, -0.2) is 0 Å². The lowest BCUT2D eigenvalue weighted by atomic mass is 9.90. The van der Waals surface area contributed by atoms with Gasteiger partial charge in [0.2, 0.25) is 0 Å². The van der Waals surface area contributed by atoms with Crippen LogP contribution in [0.1, 0.15) is 11.1 Å². The molecule has 0 saturated heterocycles. The predicted octanol–water partition coefficient (Wildman–Crippen LogP) is 1.65. The molecule has 0 saturated carbocycles. The number of nitrogen functional groups attached to an aromatic ring is 7. The van der Waals surface area contributed by atoms with Gasteiger partial charge in [0.15, 0.2) is 0 Å². The zero-order chi connectivity index (χ0) is 16.9. The highest BCUT2D eigenvalue weighted by atomic mass is 127. The highest BCUT2D eigenvalue weighted by molar-refractivity contribution is 14.1. The van der Waals surface area contributed by atoms with Gasteiger partial charge in [-0.2, -0.15) is 0 Å². The fraction of sp³-hybridized carbons (Fsp3) is 0.143. The van der Waals surface area contributed by atoms with Crippen LogP contribution in [0.4, 0.5) is 39.8 Å². The molecule has 2 aromatic rings. The highest BCUT2D eigenvalue weighted by Gasteiger charge is 2.23. The summed E-state index contributed by atoms with van der Waals surface area (Å²) >= 11 is 2.12. The molecule has 14 N–H and O–H groups in total. The van der Waals surface area contributed by atoms with Crippen LogP contribution in [0.2, 0.25) is 0 Å². The monoisotopic (exact) mass is 413 g/mol. The number of nitrogens with two attached hydrogens (primary N) is 7. The molecule has 0 heterocycles. The summed E-state index contributed by atoms with van der Waals surface area (Å²) in [5.41, 5.74) is 47.5. The second kappa shape index (κ2) is 5.20. The lowest BCUT2D eigenvalue weighted by molar-refractivity contribution is 1.39. The summed E-state index contributed by atoms with van der Waals surface area (Å²) < 4.78 is 0.812. The molecular weight excluding hydrogens is 393 g/mol. The van der Waals surface area contributed by atoms with Crippen molar-refractivity contribution in [3.63, 3.8) is 0 Å². The first-order valence-electron chi connectivity index (χ1n) is 6.46. The Morgan fingerprint density at radius 1 is 0.500 bits per heavy atom. The third-order valence-corrected chi connectivity index (χ3v) is 5.35. The van der Waals surface area contributed by atoms with E-state index in [-0.39, 0.29) is 11.4 Å². The fourth-order valence-electron chi connectivity index (χ4n) is 2.52. The van der Waals surface area contributed by atoms with Crippen molar-refractivity contribution in [1.29, 1.82) is 0 Å². The second-order valence-electron chi connectivity index (χ2n) is 5.21. The van der Waals surface area contributed by atoms with Crippen molar-refractivity contribution in [3.8, 4) is 11.1 Å². The van der Waals surface area contributed by atoms with Gasteiger partial charge in [0.25, 0.3) is 0 Å². The number of benzene rings is 2. The topological polar surface area (TPSA) is 182 Å². The minimum absolute atomic E-state index is 0.238. The highest BCUT2D eigenvalue weighted by Crippen LogP contribution is 2.48. The first kappa shape index (κ1) is 16.1. The number of anilines is 7. The van der Waals surface area contributed by atoms with Crippen molar-refractivity contribution in [2.24, 2.45) is 0 Å². The molecule has 2 rings (SSSR count). The smallest absolute Gasteiger partial charge is 0.0809 e. The standard InChI is InChI=1S/C14H20IN7/c1-3-5(9(17)13(21)11(19)7(3)15)6-4(2)8(16)12(20)14(22)10(6)18/h16-22H2,1-2H3. The van der Waals surface area contributed by atoms with Crippen LogP contribution in [-0.2, 0) is 0 Å². The van der Waals surface area contributed by atoms with Gasteiger partial charge in [-0.3, -0.25) is 0 Å². The van der Waals surface area contributed by atoms with Crippen LogP contribution >= 0.6 is 22.6 Å². The first-order chi connectivity index (χ1) is 10.1. The van der Waals surface area contributed by atoms with Gasteiger partial charge < -0.3 is 40.1 Å². The quantitative estimate of drug-likeness (QED) is 0.274. The second-order valence-corrected chi connectivity index (χ2v) is 6.29. The Morgan fingerprint density at radius 3 is 1.36 bits per heavy atom. The van der Waals surface area contributed by atoms with Gasteiger partial charge in [-0.15, -0.1) is 0 Å². The molecule has 0 amide bonds. The van der Waals surface area contributed by atoms with E-state index in [2.05, 4.69) is 22.6 Å². The molecule has 0 spiro atoms. The third-order valence-electron chi connectivity index (χ3n) is 3.96. The minimum Gasteiger partial charge on any atom is -0.397 e. The Labute approximate surface area is 142 Å². The van der Waals surface area contributed by atoms with Gasteiger partial charge >= 0.3 is 0 Å². The molecule has 8 heteroatoms. The van der Waals surface area contributed by atoms with Crippen LogP contribution in [0.3, 0.4) is 0 Å². The van der Waals surface area contributed by atoms with Crippen LogP contribution in [0.15, 0.2) is 0 Å². The van der Waals surface area contributed by atoms with Gasteiger partial charge in [-0.05, 0) is 47.6 Å². The molecule has 0 aliphatic heterocycles. The molecule has 0 unspecified atom stereocenters. The van der Waals surface area contributed by atoms with Crippen molar-refractivity contribution in [1.82, 2.24) is 0 Å². The first-order valence-corrected chi connectivity index (χ1v) is 7.54. The van der Waals surface area contributed by atoms with E-state index in [1.165, 1.54) is 0 Å². The number of rotatable bonds is 1. The molecule has 118 valence electrons. The van der Waals surface area contributed by atoms with Gasteiger partial charge in [0.1, 0.15) is 0 Å². The van der Waals surface area contributed by atoms with Crippen molar-refractivity contribution in [3.05, 3.63) is 14.7 Å². The summed E-state index contributed by atoms with van der Waals surface area (Å²) in [6, 6.07) is 0. The summed E-state index contributed by atoms with van der Waals surface area (Å²) in [6.45, 7) is 3.71. The lowest BCUT2D eigenvalue weighted by Crippen LogP contribution is -2.11. The number of hydrogen-bond acceptors (Lipinski definition) is 7. The molecular formula is C14H20IN7. The van der Waals surface area contributed by atoms with Crippen LogP contribution < -0.4 is 40.1 Å². The SMILES string of the molecule is Cc1c(N)c(N)c(N)c(N)c1-c1c(C)c(I)c(N)c(N)c1N. The maximum Gasteiger partial charge on any atom is 0.0809 e. The molecule has 0 aliphatic rings. The molecule has 0 bridgehead atoms. The summed E-state index contributed by atoms with van der Waals surface area (Å²) in [4.78, 5) is 0. The maximum absolute atomic E-state index is 6.18. The van der Waals surface area contributed by atoms with E-state index in [1.807, 2.05) is 13.8 Å². The van der Waals surface area contributed by atoms with E-state index in [1.54, 1.807) is 0 Å². The Morgan fingerprint density at radius 2 is 0.864 bits per heavy atom. The van der Waals surface area contributed by atoms with Crippen LogP contribution in [0.5, 0.6) is 0 Å². The molecule has 0 fully saturated rings. The van der Waals surface area contributed by atoms with Gasteiger partial charge in [0.05, 0.1) is 39.8 Å². The summed E-state index contributed by atoms with van der Waals surface area (Å²) in [7, 11) is 0. The Hall–Kier alpha value is -2.23. The predicted molar refractivity (Wildman–Crippen MR) is 105 cm³/mol. The average molecular weight is 413 g/mol. The minimum atomic E-state index is 0.238. The maximum atomic E-state index is 6.18. The van der Waals surface area contributed by atoms with Crippen molar-refractivity contribution >= 4 is 62.4 Å². The number of halogens is 1. The molecule has 0 radical (unpaired) electrons. The zero-order valence-electron chi connectivity index (χ0n) is 12.4. The number of hydrogen-bond donors (Lipinski definition) is 7. The van der Waals surface area contributed by atoms with Gasteiger partial charge in [0, 0.05) is 14.7 Å². The van der Waals surface area contributed by atoms with Crippen LogP contribution in [0.25, 0.3) is 11.1 Å². The lowest BCUT2D eigenvalue weighted by Gasteiger charge is -2.22. The van der Waals surface area contributed by atoms with Crippen LogP contribution in [-0.4, -0.2) is 0 Å². The Balaban J connectivity index is 3.03. The molecule has 22 heavy (non-hydrogen) atoms. The van der Waals surface area contributed by atoms with Crippen LogP contribution in [0, 0.1) is 17.4 Å². The average Bonchev–Trinajstić information content (AvgIpc) is 2.50. The molecule has 0 aliphatic carbocycles. The zero-order valence-corrected chi connectivity index (χ0v) is 14.6. The van der Waals surface area contributed by atoms with E-state index in [0.29, 0.717) is 45.1 Å². The largest absolute Gasteiger partial charge is 0.397 e. The van der Waals surface area contributed by atoms with E-state index >= 15 is 0 Å². The van der Waals surface area contributed by atoms with E-state index < -0.39 is 0 Å². The summed E-state index contributed by atoms with van der Waals surface area (Å²) in [6.07, 6.45) is 0. The normalized spacial score (nSPS) is 10.9. The Kier molecular flexibility index (Phi) is 3.81. The summed E-state index contributed by atoms with van der Waals surface area (Å²) in [5.74, 6) is 0. The van der Waals surface area contributed by atoms with Crippen molar-refractivity contribution in [2.75, 3.05) is 40.1 Å². The summed E-state index contributed by atoms with van der Waals surface area (Å²) in [5, 5.41) is 0. The van der Waals surface area contributed by atoms with E-state index in [9.17, 15) is 0 Å².